The van der Waals surface area contributed by atoms with Gasteiger partial charge >= 0.3 is 0 Å². The van der Waals surface area contributed by atoms with Gasteiger partial charge < -0.3 is 5.32 Å². The summed E-state index contributed by atoms with van der Waals surface area (Å²) in [6, 6.07) is 10.7. The van der Waals surface area contributed by atoms with Crippen LogP contribution in [0.25, 0.3) is 0 Å². The molecule has 1 heterocycles. The average Bonchev–Trinajstić information content (AvgIpc) is 2.82. The summed E-state index contributed by atoms with van der Waals surface area (Å²) in [6.07, 6.45) is 5.21. The maximum atomic E-state index is 3.46. The molecule has 0 spiro atoms. The predicted molar refractivity (Wildman–Crippen MR) is 86.8 cm³/mol. The van der Waals surface area contributed by atoms with Gasteiger partial charge in [-0.2, -0.15) is 0 Å². The Morgan fingerprint density at radius 1 is 1.10 bits per heavy atom. The summed E-state index contributed by atoms with van der Waals surface area (Å²) < 4.78 is 0. The molecule has 0 aromatic heterocycles. The molecule has 0 radical (unpaired) electrons. The van der Waals surface area contributed by atoms with Crippen LogP contribution in [0.2, 0.25) is 0 Å². The van der Waals surface area contributed by atoms with Gasteiger partial charge in [0.25, 0.3) is 0 Å². The van der Waals surface area contributed by atoms with Crippen LogP contribution >= 0.6 is 0 Å². The van der Waals surface area contributed by atoms with Gasteiger partial charge in [0.15, 0.2) is 0 Å². The second-order valence-electron chi connectivity index (χ2n) is 6.15. The first-order valence-corrected chi connectivity index (χ1v) is 8.28. The Kier molecular flexibility index (Phi) is 6.06. The largest absolute Gasteiger partial charge is 0.313 e. The van der Waals surface area contributed by atoms with Crippen LogP contribution in [0.1, 0.15) is 57.6 Å². The summed E-state index contributed by atoms with van der Waals surface area (Å²) in [7, 11) is 0. The summed E-state index contributed by atoms with van der Waals surface area (Å²) >= 11 is 0. The van der Waals surface area contributed by atoms with E-state index in [9.17, 15) is 0 Å². The molecule has 1 aromatic rings. The Hall–Kier alpha value is -0.860. The molecule has 1 aliphatic heterocycles. The van der Waals surface area contributed by atoms with Crippen LogP contribution in [-0.2, 0) is 13.1 Å². The zero-order valence-electron chi connectivity index (χ0n) is 13.4. The van der Waals surface area contributed by atoms with E-state index in [0.717, 1.165) is 31.7 Å². The highest BCUT2D eigenvalue weighted by molar-refractivity contribution is 5.22. The molecule has 2 unspecified atom stereocenters. The van der Waals surface area contributed by atoms with Crippen molar-refractivity contribution in [2.45, 2.75) is 71.6 Å². The van der Waals surface area contributed by atoms with E-state index in [4.69, 9.17) is 0 Å². The van der Waals surface area contributed by atoms with Crippen LogP contribution in [0, 0.1) is 0 Å². The molecule has 2 heteroatoms. The lowest BCUT2D eigenvalue weighted by atomic mass is 10.1. The molecular formula is C18H30N2. The Morgan fingerprint density at radius 3 is 2.45 bits per heavy atom. The van der Waals surface area contributed by atoms with Crippen molar-refractivity contribution in [3.63, 3.8) is 0 Å². The van der Waals surface area contributed by atoms with Crippen LogP contribution in [0.3, 0.4) is 0 Å². The second kappa shape index (κ2) is 7.80. The first kappa shape index (κ1) is 15.5. The molecule has 112 valence electrons. The van der Waals surface area contributed by atoms with E-state index < -0.39 is 0 Å². The summed E-state index contributed by atoms with van der Waals surface area (Å²) in [6.45, 7) is 10.1. The van der Waals surface area contributed by atoms with Crippen molar-refractivity contribution < 1.29 is 0 Å². The van der Waals surface area contributed by atoms with Crippen molar-refractivity contribution >= 4 is 0 Å². The minimum Gasteiger partial charge on any atom is -0.313 e. The standard InChI is InChI=1S/C18H30N2/c1-4-12-19-13-16-7-9-17(10-8-16)14-20-15(3)6-11-18(20)5-2/h7-10,15,18-19H,4-6,11-14H2,1-3H3. The van der Waals surface area contributed by atoms with Crippen molar-refractivity contribution in [2.24, 2.45) is 0 Å². The molecule has 2 nitrogen and oxygen atoms in total. The zero-order valence-corrected chi connectivity index (χ0v) is 13.4. The van der Waals surface area contributed by atoms with Gasteiger partial charge in [0.2, 0.25) is 0 Å². The SMILES string of the molecule is CCCNCc1ccc(CN2C(C)CCC2CC)cc1. The first-order chi connectivity index (χ1) is 9.74. The first-order valence-electron chi connectivity index (χ1n) is 8.28. The smallest absolute Gasteiger partial charge is 0.0239 e. The van der Waals surface area contributed by atoms with E-state index in [1.807, 2.05) is 0 Å². The van der Waals surface area contributed by atoms with Crippen LogP contribution in [-0.4, -0.2) is 23.5 Å². The van der Waals surface area contributed by atoms with Gasteiger partial charge in [-0.05, 0) is 50.3 Å². The fourth-order valence-electron chi connectivity index (χ4n) is 3.23. The molecule has 1 aliphatic rings. The molecule has 1 fully saturated rings. The Labute approximate surface area is 124 Å². The highest BCUT2D eigenvalue weighted by Gasteiger charge is 2.28. The van der Waals surface area contributed by atoms with E-state index in [1.165, 1.54) is 36.8 Å². The number of hydrogen-bond donors (Lipinski definition) is 1. The molecule has 1 aromatic carbocycles. The van der Waals surface area contributed by atoms with Gasteiger partial charge in [-0.1, -0.05) is 38.1 Å². The molecule has 0 aliphatic carbocycles. The molecule has 1 N–H and O–H groups in total. The molecule has 2 atom stereocenters. The number of hydrogen-bond acceptors (Lipinski definition) is 2. The third-order valence-electron chi connectivity index (χ3n) is 4.57. The van der Waals surface area contributed by atoms with Gasteiger partial charge in [0.05, 0.1) is 0 Å². The minimum absolute atomic E-state index is 0.742. The maximum Gasteiger partial charge on any atom is 0.0239 e. The van der Waals surface area contributed by atoms with E-state index >= 15 is 0 Å². The molecule has 0 amide bonds. The number of likely N-dealkylation sites (tertiary alicyclic amines) is 1. The highest BCUT2D eigenvalue weighted by Crippen LogP contribution is 2.27. The summed E-state index contributed by atoms with van der Waals surface area (Å²) in [4.78, 5) is 2.68. The van der Waals surface area contributed by atoms with Crippen LogP contribution in [0.15, 0.2) is 24.3 Å². The average molecular weight is 274 g/mol. The topological polar surface area (TPSA) is 15.3 Å². The highest BCUT2D eigenvalue weighted by atomic mass is 15.2. The monoisotopic (exact) mass is 274 g/mol. The molecule has 2 rings (SSSR count). The van der Waals surface area contributed by atoms with Crippen molar-refractivity contribution in [3.8, 4) is 0 Å². The number of benzene rings is 1. The van der Waals surface area contributed by atoms with Crippen molar-refractivity contribution in [1.29, 1.82) is 0 Å². The van der Waals surface area contributed by atoms with E-state index in [1.54, 1.807) is 0 Å². The zero-order chi connectivity index (χ0) is 14.4. The van der Waals surface area contributed by atoms with Crippen molar-refractivity contribution in [2.75, 3.05) is 6.54 Å². The molecular weight excluding hydrogens is 244 g/mol. The Morgan fingerprint density at radius 2 is 1.80 bits per heavy atom. The third kappa shape index (κ3) is 4.07. The molecule has 1 saturated heterocycles. The van der Waals surface area contributed by atoms with E-state index in [0.29, 0.717) is 0 Å². The van der Waals surface area contributed by atoms with Gasteiger partial charge in [-0.3, -0.25) is 4.90 Å². The summed E-state index contributed by atoms with van der Waals surface area (Å²) in [5.74, 6) is 0. The lowest BCUT2D eigenvalue weighted by Crippen LogP contribution is -2.33. The Bertz CT molecular complexity index is 385. The number of nitrogens with one attached hydrogen (secondary N) is 1. The van der Waals surface area contributed by atoms with Crippen LogP contribution < -0.4 is 5.32 Å². The molecule has 20 heavy (non-hydrogen) atoms. The maximum absolute atomic E-state index is 3.46. The second-order valence-corrected chi connectivity index (χ2v) is 6.15. The molecule has 0 bridgehead atoms. The summed E-state index contributed by atoms with van der Waals surface area (Å²) in [5, 5.41) is 3.46. The summed E-state index contributed by atoms with van der Waals surface area (Å²) in [5.41, 5.74) is 2.85. The number of nitrogens with zero attached hydrogens (tertiary/aromatic N) is 1. The quantitative estimate of drug-likeness (QED) is 0.757. The Balaban J connectivity index is 1.89. The van der Waals surface area contributed by atoms with Gasteiger partial charge in [-0.15, -0.1) is 0 Å². The van der Waals surface area contributed by atoms with Crippen molar-refractivity contribution in [3.05, 3.63) is 35.4 Å². The van der Waals surface area contributed by atoms with E-state index in [2.05, 4.69) is 55.3 Å². The van der Waals surface area contributed by atoms with Crippen LogP contribution in [0.4, 0.5) is 0 Å². The number of rotatable bonds is 7. The van der Waals surface area contributed by atoms with Gasteiger partial charge in [0, 0.05) is 25.2 Å². The minimum atomic E-state index is 0.742. The van der Waals surface area contributed by atoms with Crippen molar-refractivity contribution in [1.82, 2.24) is 10.2 Å². The molecule has 0 saturated carbocycles. The van der Waals surface area contributed by atoms with E-state index in [-0.39, 0.29) is 0 Å². The fourth-order valence-corrected chi connectivity index (χ4v) is 3.23. The van der Waals surface area contributed by atoms with Gasteiger partial charge in [0.1, 0.15) is 0 Å². The van der Waals surface area contributed by atoms with Gasteiger partial charge in [-0.25, -0.2) is 0 Å². The normalized spacial score (nSPS) is 23.4. The lowest BCUT2D eigenvalue weighted by molar-refractivity contribution is 0.189. The fraction of sp³-hybridized carbons (Fsp3) is 0.667. The van der Waals surface area contributed by atoms with Crippen LogP contribution in [0.5, 0.6) is 0 Å². The third-order valence-corrected chi connectivity index (χ3v) is 4.57. The lowest BCUT2D eigenvalue weighted by Gasteiger charge is -2.27. The predicted octanol–water partition coefficient (Wildman–Crippen LogP) is 3.95.